The predicted molar refractivity (Wildman–Crippen MR) is 84.3 cm³/mol. The molecule has 0 saturated heterocycles. The van der Waals surface area contributed by atoms with Crippen LogP contribution < -0.4 is 15.8 Å². The quantitative estimate of drug-likeness (QED) is 0.829. The van der Waals surface area contributed by atoms with E-state index in [1.165, 1.54) is 0 Å². The summed E-state index contributed by atoms with van der Waals surface area (Å²) < 4.78 is 5.37. The van der Waals surface area contributed by atoms with Gasteiger partial charge in [-0.1, -0.05) is 30.3 Å². The number of carbonyl (C=O) groups excluding carboxylic acids is 1. The SMILES string of the molecule is CCOc1ccc(C(=O)N[C@@H](C)c2ccccc2)cc1N. The summed E-state index contributed by atoms with van der Waals surface area (Å²) in [5.74, 6) is 0.450. The fraction of sp³-hybridized carbons (Fsp3) is 0.235. The van der Waals surface area contributed by atoms with Gasteiger partial charge in [-0.15, -0.1) is 0 Å². The Morgan fingerprint density at radius 2 is 1.95 bits per heavy atom. The first-order valence-electron chi connectivity index (χ1n) is 7.00. The van der Waals surface area contributed by atoms with Crippen LogP contribution >= 0.6 is 0 Å². The highest BCUT2D eigenvalue weighted by atomic mass is 16.5. The van der Waals surface area contributed by atoms with Crippen molar-refractivity contribution in [2.45, 2.75) is 19.9 Å². The molecule has 0 spiro atoms. The second kappa shape index (κ2) is 6.79. The molecule has 1 atom stereocenters. The van der Waals surface area contributed by atoms with E-state index in [9.17, 15) is 4.79 Å². The van der Waals surface area contributed by atoms with E-state index in [0.29, 0.717) is 23.6 Å². The Morgan fingerprint density at radius 3 is 2.57 bits per heavy atom. The molecule has 0 saturated carbocycles. The van der Waals surface area contributed by atoms with Crippen LogP contribution in [0, 0.1) is 0 Å². The van der Waals surface area contributed by atoms with Crippen LogP contribution in [0.1, 0.15) is 35.8 Å². The van der Waals surface area contributed by atoms with Crippen molar-refractivity contribution in [1.29, 1.82) is 0 Å². The molecular formula is C17H20N2O2. The first-order chi connectivity index (χ1) is 10.1. The van der Waals surface area contributed by atoms with Gasteiger partial charge in [0, 0.05) is 5.56 Å². The number of hydrogen-bond donors (Lipinski definition) is 2. The molecule has 0 fully saturated rings. The molecule has 0 aliphatic carbocycles. The molecule has 21 heavy (non-hydrogen) atoms. The highest BCUT2D eigenvalue weighted by Crippen LogP contribution is 2.23. The molecular weight excluding hydrogens is 264 g/mol. The van der Waals surface area contributed by atoms with Crippen molar-refractivity contribution in [3.05, 3.63) is 59.7 Å². The van der Waals surface area contributed by atoms with E-state index in [-0.39, 0.29) is 11.9 Å². The van der Waals surface area contributed by atoms with Gasteiger partial charge in [0.15, 0.2) is 0 Å². The van der Waals surface area contributed by atoms with Gasteiger partial charge in [0.25, 0.3) is 5.91 Å². The number of ether oxygens (including phenoxy) is 1. The molecule has 0 radical (unpaired) electrons. The summed E-state index contributed by atoms with van der Waals surface area (Å²) in [6.45, 7) is 4.38. The van der Waals surface area contributed by atoms with Crippen LogP contribution in [0.4, 0.5) is 5.69 Å². The van der Waals surface area contributed by atoms with Crippen molar-refractivity contribution in [2.75, 3.05) is 12.3 Å². The third kappa shape index (κ3) is 3.75. The van der Waals surface area contributed by atoms with E-state index in [0.717, 1.165) is 5.56 Å². The third-order valence-electron chi connectivity index (χ3n) is 3.22. The lowest BCUT2D eigenvalue weighted by molar-refractivity contribution is 0.0940. The molecule has 2 aromatic rings. The summed E-state index contributed by atoms with van der Waals surface area (Å²) in [5, 5.41) is 2.96. The summed E-state index contributed by atoms with van der Waals surface area (Å²) in [6.07, 6.45) is 0. The minimum absolute atomic E-state index is 0.0634. The normalized spacial score (nSPS) is 11.7. The number of amides is 1. The monoisotopic (exact) mass is 284 g/mol. The van der Waals surface area contributed by atoms with Gasteiger partial charge in [0.1, 0.15) is 5.75 Å². The molecule has 0 aliphatic heterocycles. The number of nitrogens with one attached hydrogen (secondary N) is 1. The number of carbonyl (C=O) groups is 1. The van der Waals surface area contributed by atoms with E-state index in [1.54, 1.807) is 18.2 Å². The smallest absolute Gasteiger partial charge is 0.251 e. The zero-order valence-electron chi connectivity index (χ0n) is 12.3. The Bertz CT molecular complexity index is 611. The average molecular weight is 284 g/mol. The van der Waals surface area contributed by atoms with E-state index in [2.05, 4.69) is 5.32 Å². The van der Waals surface area contributed by atoms with E-state index in [4.69, 9.17) is 10.5 Å². The molecule has 0 bridgehead atoms. The van der Waals surface area contributed by atoms with Gasteiger partial charge in [-0.25, -0.2) is 0 Å². The molecule has 2 aromatic carbocycles. The Labute approximate surface area is 124 Å². The Morgan fingerprint density at radius 1 is 1.24 bits per heavy atom. The van der Waals surface area contributed by atoms with Crippen molar-refractivity contribution in [2.24, 2.45) is 0 Å². The molecule has 2 rings (SSSR count). The van der Waals surface area contributed by atoms with Crippen LogP contribution in [0.15, 0.2) is 48.5 Å². The van der Waals surface area contributed by atoms with Crippen LogP contribution in [0.2, 0.25) is 0 Å². The van der Waals surface area contributed by atoms with E-state index >= 15 is 0 Å². The second-order valence-electron chi connectivity index (χ2n) is 4.79. The lowest BCUT2D eigenvalue weighted by Crippen LogP contribution is -2.26. The Hall–Kier alpha value is -2.49. The van der Waals surface area contributed by atoms with Crippen molar-refractivity contribution >= 4 is 11.6 Å². The van der Waals surface area contributed by atoms with Crippen LogP contribution in [0.25, 0.3) is 0 Å². The summed E-state index contributed by atoms with van der Waals surface area (Å²) >= 11 is 0. The number of rotatable bonds is 5. The van der Waals surface area contributed by atoms with E-state index < -0.39 is 0 Å². The summed E-state index contributed by atoms with van der Waals surface area (Å²) in [5.41, 5.74) is 7.94. The molecule has 3 N–H and O–H groups in total. The van der Waals surface area contributed by atoms with Crippen molar-refractivity contribution in [3.63, 3.8) is 0 Å². The molecule has 0 aromatic heterocycles. The van der Waals surface area contributed by atoms with Gasteiger partial charge in [-0.2, -0.15) is 0 Å². The Balaban J connectivity index is 2.08. The highest BCUT2D eigenvalue weighted by molar-refractivity contribution is 5.95. The summed E-state index contributed by atoms with van der Waals surface area (Å²) in [4.78, 5) is 12.2. The second-order valence-corrected chi connectivity index (χ2v) is 4.79. The molecule has 0 heterocycles. The van der Waals surface area contributed by atoms with Gasteiger partial charge < -0.3 is 15.8 Å². The standard InChI is InChI=1S/C17H20N2O2/c1-3-21-16-10-9-14(11-15(16)18)17(20)19-12(2)13-7-5-4-6-8-13/h4-12H,3,18H2,1-2H3,(H,19,20)/t12-/m0/s1. The maximum absolute atomic E-state index is 12.2. The Kier molecular flexibility index (Phi) is 4.82. The fourth-order valence-electron chi connectivity index (χ4n) is 2.08. The molecule has 4 nitrogen and oxygen atoms in total. The molecule has 110 valence electrons. The van der Waals surface area contributed by atoms with Crippen LogP contribution in [-0.4, -0.2) is 12.5 Å². The topological polar surface area (TPSA) is 64.3 Å². The number of nitrogen functional groups attached to an aromatic ring is 1. The first-order valence-corrected chi connectivity index (χ1v) is 7.00. The molecule has 1 amide bonds. The average Bonchev–Trinajstić information content (AvgIpc) is 2.50. The number of benzene rings is 2. The molecule has 0 aliphatic rings. The highest BCUT2D eigenvalue weighted by Gasteiger charge is 2.12. The summed E-state index contributed by atoms with van der Waals surface area (Å²) in [6, 6.07) is 14.8. The van der Waals surface area contributed by atoms with Crippen molar-refractivity contribution in [1.82, 2.24) is 5.32 Å². The van der Waals surface area contributed by atoms with Gasteiger partial charge in [0.05, 0.1) is 18.3 Å². The van der Waals surface area contributed by atoms with Gasteiger partial charge in [0.2, 0.25) is 0 Å². The van der Waals surface area contributed by atoms with E-state index in [1.807, 2.05) is 44.2 Å². The number of anilines is 1. The van der Waals surface area contributed by atoms with Crippen LogP contribution in [0.3, 0.4) is 0 Å². The zero-order chi connectivity index (χ0) is 15.2. The largest absolute Gasteiger partial charge is 0.492 e. The van der Waals surface area contributed by atoms with Gasteiger partial charge in [-0.05, 0) is 37.6 Å². The minimum atomic E-state index is -0.152. The summed E-state index contributed by atoms with van der Waals surface area (Å²) in [7, 11) is 0. The van der Waals surface area contributed by atoms with Crippen LogP contribution in [0.5, 0.6) is 5.75 Å². The fourth-order valence-corrected chi connectivity index (χ4v) is 2.08. The molecule has 4 heteroatoms. The lowest BCUT2D eigenvalue weighted by Gasteiger charge is -2.15. The lowest BCUT2D eigenvalue weighted by atomic mass is 10.1. The van der Waals surface area contributed by atoms with Gasteiger partial charge in [-0.3, -0.25) is 4.79 Å². The molecule has 0 unspecified atom stereocenters. The minimum Gasteiger partial charge on any atom is -0.492 e. The maximum Gasteiger partial charge on any atom is 0.251 e. The maximum atomic E-state index is 12.2. The van der Waals surface area contributed by atoms with Crippen molar-refractivity contribution < 1.29 is 9.53 Å². The number of nitrogens with two attached hydrogens (primary N) is 1. The van der Waals surface area contributed by atoms with Crippen LogP contribution in [-0.2, 0) is 0 Å². The zero-order valence-corrected chi connectivity index (χ0v) is 12.3. The first kappa shape index (κ1) is 14.9. The number of hydrogen-bond acceptors (Lipinski definition) is 3. The third-order valence-corrected chi connectivity index (χ3v) is 3.22. The van der Waals surface area contributed by atoms with Crippen molar-refractivity contribution in [3.8, 4) is 5.75 Å². The predicted octanol–water partition coefficient (Wildman–Crippen LogP) is 3.16. The van der Waals surface area contributed by atoms with Gasteiger partial charge >= 0.3 is 0 Å².